The van der Waals surface area contributed by atoms with Gasteiger partial charge in [0.2, 0.25) is 5.95 Å². The number of aryl methyl sites for hydroxylation is 1. The quantitative estimate of drug-likeness (QED) is 0.288. The van der Waals surface area contributed by atoms with Gasteiger partial charge in [0.15, 0.2) is 0 Å². The van der Waals surface area contributed by atoms with E-state index in [9.17, 15) is 4.79 Å². The Bertz CT molecular complexity index is 1640. The molecule has 0 unspecified atom stereocenters. The van der Waals surface area contributed by atoms with Gasteiger partial charge in [-0.25, -0.2) is 9.97 Å². The molecule has 3 heterocycles. The van der Waals surface area contributed by atoms with Crippen LogP contribution in [0.5, 0.6) is 0 Å². The Labute approximate surface area is 239 Å². The van der Waals surface area contributed by atoms with Gasteiger partial charge in [0.05, 0.1) is 5.69 Å². The third-order valence-electron chi connectivity index (χ3n) is 7.18. The smallest absolute Gasteiger partial charge is 0.255 e. The molecule has 0 atom stereocenters. The average Bonchev–Trinajstić information content (AvgIpc) is 3.40. The summed E-state index contributed by atoms with van der Waals surface area (Å²) in [7, 11) is 4.06. The number of likely N-dealkylation sites (N-methyl/N-ethyl adjacent to an activating group) is 1. The minimum absolute atomic E-state index is 0.146. The summed E-state index contributed by atoms with van der Waals surface area (Å²) in [5.41, 5.74) is 6.85. The largest absolute Gasteiger partial charge is 0.369 e. The molecule has 1 aliphatic rings. The second kappa shape index (κ2) is 11.6. The zero-order valence-corrected chi connectivity index (χ0v) is 23.2. The van der Waals surface area contributed by atoms with E-state index in [4.69, 9.17) is 10.1 Å². The summed E-state index contributed by atoms with van der Waals surface area (Å²) in [5.74, 6) is 0.374. The minimum atomic E-state index is -0.146. The van der Waals surface area contributed by atoms with Crippen LogP contribution in [0.25, 0.3) is 22.5 Å². The zero-order chi connectivity index (χ0) is 28.2. The SMILES string of the molecule is CN1CCN(c2cccc(Nc3nccc(-c4cn(C)nc4-c4ccc(NC(=O)c5ccccc5)cc4)n3)c2)CC1. The minimum Gasteiger partial charge on any atom is -0.369 e. The van der Waals surface area contributed by atoms with Crippen molar-refractivity contribution in [2.24, 2.45) is 7.05 Å². The van der Waals surface area contributed by atoms with Crippen LogP contribution in [0.2, 0.25) is 0 Å². The van der Waals surface area contributed by atoms with Gasteiger partial charge in [0, 0.05) is 79.4 Å². The molecule has 206 valence electrons. The van der Waals surface area contributed by atoms with Crippen molar-refractivity contribution in [3.8, 4) is 22.5 Å². The molecule has 1 aliphatic heterocycles. The Kier molecular flexibility index (Phi) is 7.42. The maximum atomic E-state index is 12.5. The van der Waals surface area contributed by atoms with Crippen molar-refractivity contribution in [1.82, 2.24) is 24.6 Å². The highest BCUT2D eigenvalue weighted by Crippen LogP contribution is 2.31. The Morgan fingerprint density at radius 3 is 2.39 bits per heavy atom. The molecule has 1 amide bonds. The monoisotopic (exact) mass is 544 g/mol. The van der Waals surface area contributed by atoms with Crippen LogP contribution in [0.4, 0.5) is 23.0 Å². The molecule has 2 N–H and O–H groups in total. The van der Waals surface area contributed by atoms with Gasteiger partial charge >= 0.3 is 0 Å². The molecule has 0 bridgehead atoms. The van der Waals surface area contributed by atoms with E-state index in [1.54, 1.807) is 23.0 Å². The van der Waals surface area contributed by atoms with Gasteiger partial charge in [-0.1, -0.05) is 36.4 Å². The van der Waals surface area contributed by atoms with Crippen LogP contribution in [-0.4, -0.2) is 63.8 Å². The number of aromatic nitrogens is 4. The first-order chi connectivity index (χ1) is 20.0. The van der Waals surface area contributed by atoms with Gasteiger partial charge in [-0.15, -0.1) is 0 Å². The fourth-order valence-electron chi connectivity index (χ4n) is 4.94. The number of anilines is 4. The van der Waals surface area contributed by atoms with Crippen molar-refractivity contribution in [2.45, 2.75) is 0 Å². The van der Waals surface area contributed by atoms with Crippen LogP contribution in [0.15, 0.2) is 97.3 Å². The topological polar surface area (TPSA) is 91.2 Å². The van der Waals surface area contributed by atoms with E-state index in [-0.39, 0.29) is 5.91 Å². The molecule has 9 heteroatoms. The summed E-state index contributed by atoms with van der Waals surface area (Å²) in [6.45, 7) is 4.13. The van der Waals surface area contributed by atoms with Gasteiger partial charge < -0.3 is 20.4 Å². The number of nitrogens with zero attached hydrogens (tertiary/aromatic N) is 6. The fraction of sp³-hybridized carbons (Fsp3) is 0.188. The molecule has 0 spiro atoms. The lowest BCUT2D eigenvalue weighted by Gasteiger charge is -2.34. The Morgan fingerprint density at radius 2 is 1.61 bits per heavy atom. The Morgan fingerprint density at radius 1 is 0.829 bits per heavy atom. The lowest BCUT2D eigenvalue weighted by atomic mass is 10.1. The highest BCUT2D eigenvalue weighted by atomic mass is 16.1. The van der Waals surface area contributed by atoms with E-state index in [0.717, 1.165) is 54.4 Å². The third-order valence-corrected chi connectivity index (χ3v) is 7.18. The Hall–Kier alpha value is -5.02. The summed E-state index contributed by atoms with van der Waals surface area (Å²) in [5, 5.41) is 11.0. The predicted octanol–water partition coefficient (Wildman–Crippen LogP) is 5.29. The number of hydrogen-bond acceptors (Lipinski definition) is 7. The standard InChI is InChI=1S/C32H32N8O/c1-38-17-19-40(20-18-38)27-10-6-9-26(21-27)35-32-33-16-15-29(36-32)28-22-39(2)37-30(28)23-11-13-25(14-12-23)34-31(41)24-7-4-3-5-8-24/h3-16,21-22H,17-20H2,1-2H3,(H,34,41)(H,33,35,36). The van der Waals surface area contributed by atoms with Crippen molar-refractivity contribution in [3.63, 3.8) is 0 Å². The predicted molar refractivity (Wildman–Crippen MR) is 163 cm³/mol. The molecule has 0 saturated carbocycles. The highest BCUT2D eigenvalue weighted by Gasteiger charge is 2.16. The molecular formula is C32H32N8O. The number of benzene rings is 3. The van der Waals surface area contributed by atoms with Crippen LogP contribution in [-0.2, 0) is 7.05 Å². The van der Waals surface area contributed by atoms with E-state index in [1.165, 1.54) is 5.69 Å². The zero-order valence-electron chi connectivity index (χ0n) is 23.2. The van der Waals surface area contributed by atoms with Crippen molar-refractivity contribution in [2.75, 3.05) is 48.8 Å². The number of carbonyl (C=O) groups excluding carboxylic acids is 1. The lowest BCUT2D eigenvalue weighted by Crippen LogP contribution is -2.44. The lowest BCUT2D eigenvalue weighted by molar-refractivity contribution is 0.102. The summed E-state index contributed by atoms with van der Waals surface area (Å²) >= 11 is 0. The van der Waals surface area contributed by atoms with Gasteiger partial charge in [-0.3, -0.25) is 9.48 Å². The maximum Gasteiger partial charge on any atom is 0.255 e. The molecule has 1 fully saturated rings. The molecule has 6 rings (SSSR count). The first-order valence-corrected chi connectivity index (χ1v) is 13.7. The summed E-state index contributed by atoms with van der Waals surface area (Å²) in [6.07, 6.45) is 3.72. The summed E-state index contributed by atoms with van der Waals surface area (Å²) < 4.78 is 1.78. The molecule has 0 radical (unpaired) electrons. The first kappa shape index (κ1) is 26.2. The molecule has 5 aromatic rings. The van der Waals surface area contributed by atoms with Crippen molar-refractivity contribution >= 4 is 28.9 Å². The van der Waals surface area contributed by atoms with E-state index in [1.807, 2.05) is 67.8 Å². The van der Waals surface area contributed by atoms with Crippen molar-refractivity contribution < 1.29 is 4.79 Å². The summed E-state index contributed by atoms with van der Waals surface area (Å²) in [6, 6.07) is 27.1. The van der Waals surface area contributed by atoms with Crippen LogP contribution < -0.4 is 15.5 Å². The van der Waals surface area contributed by atoms with E-state index in [2.05, 4.69) is 50.7 Å². The Balaban J connectivity index is 1.20. The maximum absolute atomic E-state index is 12.5. The number of piperazine rings is 1. The van der Waals surface area contributed by atoms with Crippen LogP contribution in [0.1, 0.15) is 10.4 Å². The van der Waals surface area contributed by atoms with E-state index in [0.29, 0.717) is 17.2 Å². The van der Waals surface area contributed by atoms with Gasteiger partial charge in [0.25, 0.3) is 5.91 Å². The molecule has 3 aromatic carbocycles. The second-order valence-corrected chi connectivity index (χ2v) is 10.2. The van der Waals surface area contributed by atoms with Gasteiger partial charge in [-0.2, -0.15) is 5.10 Å². The molecule has 41 heavy (non-hydrogen) atoms. The van der Waals surface area contributed by atoms with Crippen LogP contribution in [0, 0.1) is 0 Å². The second-order valence-electron chi connectivity index (χ2n) is 10.2. The number of carbonyl (C=O) groups is 1. The fourth-order valence-corrected chi connectivity index (χ4v) is 4.94. The van der Waals surface area contributed by atoms with Crippen LogP contribution in [0.3, 0.4) is 0 Å². The van der Waals surface area contributed by atoms with E-state index >= 15 is 0 Å². The molecule has 1 saturated heterocycles. The number of amides is 1. The van der Waals surface area contributed by atoms with Gasteiger partial charge in [-0.05, 0) is 55.6 Å². The number of nitrogens with one attached hydrogen (secondary N) is 2. The summed E-state index contributed by atoms with van der Waals surface area (Å²) in [4.78, 5) is 26.6. The van der Waals surface area contributed by atoms with Crippen LogP contribution >= 0.6 is 0 Å². The number of rotatable bonds is 7. The first-order valence-electron chi connectivity index (χ1n) is 13.7. The normalized spacial score (nSPS) is 13.7. The van der Waals surface area contributed by atoms with Crippen molar-refractivity contribution in [3.05, 3.63) is 103 Å². The molecule has 0 aliphatic carbocycles. The highest BCUT2D eigenvalue weighted by molar-refractivity contribution is 6.04. The third kappa shape index (κ3) is 6.10. The number of hydrogen-bond donors (Lipinski definition) is 2. The average molecular weight is 545 g/mol. The molecular weight excluding hydrogens is 512 g/mol. The van der Waals surface area contributed by atoms with Gasteiger partial charge in [0.1, 0.15) is 5.69 Å². The molecule has 9 nitrogen and oxygen atoms in total. The van der Waals surface area contributed by atoms with E-state index < -0.39 is 0 Å². The van der Waals surface area contributed by atoms with Crippen molar-refractivity contribution in [1.29, 1.82) is 0 Å². The molecule has 2 aromatic heterocycles.